The molecule has 170 valence electrons. The van der Waals surface area contributed by atoms with Gasteiger partial charge in [0.05, 0.1) is 5.60 Å². The number of hydrogen-bond acceptors (Lipinski definition) is 2. The van der Waals surface area contributed by atoms with Gasteiger partial charge in [-0.3, -0.25) is 4.79 Å². The molecule has 0 saturated carbocycles. The van der Waals surface area contributed by atoms with Crippen LogP contribution < -0.4 is 5.32 Å². The third-order valence-electron chi connectivity index (χ3n) is 4.88. The normalized spacial score (nSPS) is 14.7. The van der Waals surface area contributed by atoms with Crippen LogP contribution in [0.3, 0.4) is 0 Å². The Morgan fingerprint density at radius 1 is 0.733 bits per heavy atom. The maximum absolute atomic E-state index is 12.0. The number of hydrogen-bond donors (Lipinski definition) is 2. The molecular formula is C27H45NO2. The van der Waals surface area contributed by atoms with Crippen molar-refractivity contribution in [3.05, 3.63) is 60.8 Å². The summed E-state index contributed by atoms with van der Waals surface area (Å²) in [6.45, 7) is 6.74. The van der Waals surface area contributed by atoms with Crippen molar-refractivity contribution in [1.29, 1.82) is 0 Å². The standard InChI is InChI=1S/C27H45NO2/c1-4-7-9-10-11-12-13-14-15-16-17-18-19-20-22-26(29)28-25-27(30,23-6-3)24-21-8-5-2/h10-13,16-20,22,30H,4-9,14-15,21,23-25H2,1-3H3,(H,28,29). The summed E-state index contributed by atoms with van der Waals surface area (Å²) in [4.78, 5) is 12.0. The zero-order valence-electron chi connectivity index (χ0n) is 19.6. The minimum absolute atomic E-state index is 0.161. The Morgan fingerprint density at radius 2 is 1.33 bits per heavy atom. The van der Waals surface area contributed by atoms with Crippen molar-refractivity contribution in [3.63, 3.8) is 0 Å². The molecule has 0 aromatic rings. The van der Waals surface area contributed by atoms with Crippen LogP contribution in [0, 0.1) is 0 Å². The van der Waals surface area contributed by atoms with E-state index in [1.165, 1.54) is 18.9 Å². The van der Waals surface area contributed by atoms with Crippen molar-refractivity contribution in [2.24, 2.45) is 0 Å². The summed E-state index contributed by atoms with van der Waals surface area (Å²) in [6, 6.07) is 0. The van der Waals surface area contributed by atoms with Crippen LogP contribution >= 0.6 is 0 Å². The van der Waals surface area contributed by atoms with Crippen LogP contribution in [0.5, 0.6) is 0 Å². The molecule has 0 radical (unpaired) electrons. The first kappa shape index (κ1) is 28.1. The van der Waals surface area contributed by atoms with Gasteiger partial charge < -0.3 is 10.4 Å². The predicted molar refractivity (Wildman–Crippen MR) is 131 cm³/mol. The highest BCUT2D eigenvalue weighted by Gasteiger charge is 2.25. The van der Waals surface area contributed by atoms with E-state index < -0.39 is 5.60 Å². The third kappa shape index (κ3) is 18.2. The van der Waals surface area contributed by atoms with Crippen molar-refractivity contribution >= 4 is 5.91 Å². The molecule has 3 nitrogen and oxygen atoms in total. The molecule has 1 amide bonds. The van der Waals surface area contributed by atoms with E-state index in [9.17, 15) is 9.90 Å². The highest BCUT2D eigenvalue weighted by Crippen LogP contribution is 2.20. The van der Waals surface area contributed by atoms with Crippen LogP contribution in [-0.2, 0) is 4.79 Å². The van der Waals surface area contributed by atoms with Crippen LogP contribution in [0.25, 0.3) is 0 Å². The van der Waals surface area contributed by atoms with Gasteiger partial charge in [0.15, 0.2) is 0 Å². The van der Waals surface area contributed by atoms with E-state index in [1.807, 2.05) is 18.2 Å². The molecule has 0 aliphatic rings. The fourth-order valence-corrected chi connectivity index (χ4v) is 3.09. The quantitative estimate of drug-likeness (QED) is 0.144. The minimum atomic E-state index is -0.786. The van der Waals surface area contributed by atoms with E-state index in [2.05, 4.69) is 56.5 Å². The molecular weight excluding hydrogens is 370 g/mol. The molecule has 30 heavy (non-hydrogen) atoms. The number of allylic oxidation sites excluding steroid dienone is 9. The summed E-state index contributed by atoms with van der Waals surface area (Å²) in [5, 5.41) is 13.6. The van der Waals surface area contributed by atoms with Crippen molar-refractivity contribution in [3.8, 4) is 0 Å². The van der Waals surface area contributed by atoms with E-state index in [0.717, 1.165) is 57.8 Å². The first-order valence-corrected chi connectivity index (χ1v) is 11.9. The summed E-state index contributed by atoms with van der Waals surface area (Å²) in [6.07, 6.45) is 31.1. The summed E-state index contributed by atoms with van der Waals surface area (Å²) in [5.74, 6) is -0.161. The lowest BCUT2D eigenvalue weighted by atomic mass is 9.91. The molecule has 0 spiro atoms. The monoisotopic (exact) mass is 415 g/mol. The molecule has 0 aromatic heterocycles. The van der Waals surface area contributed by atoms with Gasteiger partial charge in [-0.05, 0) is 32.1 Å². The number of aliphatic hydroxyl groups is 1. The Bertz CT molecular complexity index is 557. The fourth-order valence-electron chi connectivity index (χ4n) is 3.09. The summed E-state index contributed by atoms with van der Waals surface area (Å²) in [7, 11) is 0. The molecule has 0 rings (SSSR count). The van der Waals surface area contributed by atoms with Crippen molar-refractivity contribution in [1.82, 2.24) is 5.32 Å². The molecule has 0 aromatic carbocycles. The number of carbonyl (C=O) groups is 1. The number of unbranched alkanes of at least 4 members (excludes halogenated alkanes) is 5. The van der Waals surface area contributed by atoms with E-state index in [1.54, 1.807) is 6.08 Å². The number of amides is 1. The second kappa shape index (κ2) is 20.4. The lowest BCUT2D eigenvalue weighted by Gasteiger charge is -2.28. The van der Waals surface area contributed by atoms with Gasteiger partial charge in [-0.15, -0.1) is 0 Å². The van der Waals surface area contributed by atoms with Crippen LogP contribution in [-0.4, -0.2) is 23.2 Å². The largest absolute Gasteiger partial charge is 0.388 e. The number of nitrogens with one attached hydrogen (secondary N) is 1. The highest BCUT2D eigenvalue weighted by atomic mass is 16.3. The number of carbonyl (C=O) groups excluding carboxylic acids is 1. The molecule has 0 fully saturated rings. The highest BCUT2D eigenvalue weighted by molar-refractivity contribution is 5.87. The predicted octanol–water partition coefficient (Wildman–Crippen LogP) is 6.97. The topological polar surface area (TPSA) is 49.3 Å². The molecule has 3 heteroatoms. The molecule has 2 N–H and O–H groups in total. The zero-order chi connectivity index (χ0) is 22.3. The van der Waals surface area contributed by atoms with Gasteiger partial charge in [-0.1, -0.05) is 114 Å². The van der Waals surface area contributed by atoms with Crippen LogP contribution in [0.1, 0.15) is 91.4 Å². The second-order valence-electron chi connectivity index (χ2n) is 7.90. The van der Waals surface area contributed by atoms with Gasteiger partial charge >= 0.3 is 0 Å². The SMILES string of the molecule is CCCCC=CC=CCCC=CC=CC=CC(=O)NCC(O)(CCC)CCCCC. The van der Waals surface area contributed by atoms with Crippen LogP contribution in [0.4, 0.5) is 0 Å². The summed E-state index contributed by atoms with van der Waals surface area (Å²) >= 11 is 0. The molecule has 0 bridgehead atoms. The average molecular weight is 416 g/mol. The molecule has 1 atom stereocenters. The Hall–Kier alpha value is -1.87. The first-order chi connectivity index (χ1) is 14.6. The Kier molecular flexibility index (Phi) is 19.1. The van der Waals surface area contributed by atoms with Crippen LogP contribution in [0.15, 0.2) is 60.8 Å². The summed E-state index contributed by atoms with van der Waals surface area (Å²) in [5.41, 5.74) is -0.786. The zero-order valence-corrected chi connectivity index (χ0v) is 19.6. The van der Waals surface area contributed by atoms with Crippen molar-refractivity contribution < 1.29 is 9.90 Å². The Balaban J connectivity index is 4.05. The minimum Gasteiger partial charge on any atom is -0.388 e. The van der Waals surface area contributed by atoms with Gasteiger partial charge in [0.25, 0.3) is 0 Å². The maximum atomic E-state index is 12.0. The van der Waals surface area contributed by atoms with Crippen molar-refractivity contribution in [2.45, 2.75) is 97.0 Å². The van der Waals surface area contributed by atoms with Crippen LogP contribution in [0.2, 0.25) is 0 Å². The van der Waals surface area contributed by atoms with E-state index in [-0.39, 0.29) is 5.91 Å². The van der Waals surface area contributed by atoms with E-state index in [4.69, 9.17) is 0 Å². The first-order valence-electron chi connectivity index (χ1n) is 11.9. The van der Waals surface area contributed by atoms with Gasteiger partial charge in [0, 0.05) is 12.6 Å². The van der Waals surface area contributed by atoms with E-state index >= 15 is 0 Å². The molecule has 0 saturated heterocycles. The van der Waals surface area contributed by atoms with Crippen molar-refractivity contribution in [2.75, 3.05) is 6.54 Å². The lowest BCUT2D eigenvalue weighted by Crippen LogP contribution is -2.42. The average Bonchev–Trinajstić information content (AvgIpc) is 2.73. The lowest BCUT2D eigenvalue weighted by molar-refractivity contribution is -0.118. The number of rotatable bonds is 18. The van der Waals surface area contributed by atoms with E-state index in [0.29, 0.717) is 6.54 Å². The Labute approximate surface area is 185 Å². The summed E-state index contributed by atoms with van der Waals surface area (Å²) < 4.78 is 0. The third-order valence-corrected chi connectivity index (χ3v) is 4.88. The van der Waals surface area contributed by atoms with Gasteiger partial charge in [-0.2, -0.15) is 0 Å². The van der Waals surface area contributed by atoms with Gasteiger partial charge in [0.2, 0.25) is 5.91 Å². The van der Waals surface area contributed by atoms with Gasteiger partial charge in [-0.25, -0.2) is 0 Å². The Morgan fingerprint density at radius 3 is 1.97 bits per heavy atom. The molecule has 1 unspecified atom stereocenters. The molecule has 0 heterocycles. The molecule has 0 aliphatic carbocycles. The smallest absolute Gasteiger partial charge is 0.244 e. The molecule has 0 aliphatic heterocycles. The second-order valence-corrected chi connectivity index (χ2v) is 7.90. The fraction of sp³-hybridized carbons (Fsp3) is 0.593. The van der Waals surface area contributed by atoms with Gasteiger partial charge in [0.1, 0.15) is 0 Å². The maximum Gasteiger partial charge on any atom is 0.244 e.